The summed E-state index contributed by atoms with van der Waals surface area (Å²) in [6.07, 6.45) is 2.04. The summed E-state index contributed by atoms with van der Waals surface area (Å²) in [6, 6.07) is 15.6. The zero-order valence-electron chi connectivity index (χ0n) is 18.1. The first kappa shape index (κ1) is 21.5. The quantitative estimate of drug-likeness (QED) is 0.630. The number of H-pyrrole nitrogens is 1. The first-order valence-corrected chi connectivity index (χ1v) is 12.0. The van der Waals surface area contributed by atoms with Crippen LogP contribution in [0.3, 0.4) is 0 Å². The lowest BCUT2D eigenvalue weighted by Crippen LogP contribution is -2.49. The molecular formula is C23H24N4O5S. The number of nitrogens with one attached hydrogen (secondary N) is 1. The topological polar surface area (TPSA) is 105 Å². The Kier molecular flexibility index (Phi) is 5.34. The highest BCUT2D eigenvalue weighted by atomic mass is 32.2. The van der Waals surface area contributed by atoms with E-state index in [2.05, 4.69) is 10.2 Å². The van der Waals surface area contributed by atoms with Crippen molar-refractivity contribution < 1.29 is 22.7 Å². The molecule has 0 radical (unpaired) electrons. The molecule has 1 spiro atoms. The first-order valence-electron chi connectivity index (χ1n) is 10.6. The largest absolute Gasteiger partial charge is 0.497 e. The summed E-state index contributed by atoms with van der Waals surface area (Å²) in [7, 11) is -2.23. The van der Waals surface area contributed by atoms with Crippen LogP contribution in [0.1, 0.15) is 22.5 Å². The van der Waals surface area contributed by atoms with E-state index in [1.165, 1.54) is 10.5 Å². The lowest BCUT2D eigenvalue weighted by atomic mass is 10.0. The number of amides is 1. The SMILES string of the molecule is COc1ccc(CN2C[C@@]3(CCN(C(=O)c4ccn[nH]4)C3)Oc3ccccc3S2(=O)=O)cc1. The number of likely N-dealkylation sites (tertiary alicyclic amines) is 1. The van der Waals surface area contributed by atoms with Gasteiger partial charge in [-0.15, -0.1) is 0 Å². The predicted molar refractivity (Wildman–Crippen MR) is 119 cm³/mol. The molecule has 3 aromatic rings. The molecule has 10 heteroatoms. The maximum atomic E-state index is 13.6. The molecule has 1 saturated heterocycles. The zero-order valence-corrected chi connectivity index (χ0v) is 18.9. The molecule has 3 heterocycles. The molecule has 2 aliphatic heterocycles. The van der Waals surface area contributed by atoms with Gasteiger partial charge in [-0.1, -0.05) is 24.3 Å². The van der Waals surface area contributed by atoms with Gasteiger partial charge in [0.05, 0.1) is 20.2 Å². The van der Waals surface area contributed by atoms with Crippen molar-refractivity contribution in [3.05, 3.63) is 72.1 Å². The number of carbonyl (C=O) groups excluding carboxylic acids is 1. The van der Waals surface area contributed by atoms with E-state index in [1.807, 2.05) is 12.1 Å². The molecular weight excluding hydrogens is 444 g/mol. The Balaban J connectivity index is 1.49. The number of hydrogen-bond acceptors (Lipinski definition) is 6. The molecule has 9 nitrogen and oxygen atoms in total. The summed E-state index contributed by atoms with van der Waals surface area (Å²) in [4.78, 5) is 14.7. The van der Waals surface area contributed by atoms with E-state index in [4.69, 9.17) is 9.47 Å². The fraction of sp³-hybridized carbons (Fsp3) is 0.304. The van der Waals surface area contributed by atoms with Gasteiger partial charge >= 0.3 is 0 Å². The number of ether oxygens (including phenoxy) is 2. The van der Waals surface area contributed by atoms with Crippen molar-refractivity contribution in [3.8, 4) is 11.5 Å². The van der Waals surface area contributed by atoms with Crippen LogP contribution in [0.2, 0.25) is 0 Å². The summed E-state index contributed by atoms with van der Waals surface area (Å²) in [5, 5.41) is 6.55. The van der Waals surface area contributed by atoms with Crippen molar-refractivity contribution in [1.82, 2.24) is 19.4 Å². The Morgan fingerprint density at radius 1 is 1.15 bits per heavy atom. The van der Waals surface area contributed by atoms with E-state index in [9.17, 15) is 13.2 Å². The zero-order chi connectivity index (χ0) is 23.1. The van der Waals surface area contributed by atoms with Crippen LogP contribution < -0.4 is 9.47 Å². The normalized spacial score (nSPS) is 21.9. The summed E-state index contributed by atoms with van der Waals surface area (Å²) < 4.78 is 40.3. The smallest absolute Gasteiger partial charge is 0.271 e. The van der Waals surface area contributed by atoms with Crippen molar-refractivity contribution in [3.63, 3.8) is 0 Å². The van der Waals surface area contributed by atoms with E-state index in [0.717, 1.165) is 5.56 Å². The summed E-state index contributed by atoms with van der Waals surface area (Å²) in [6.45, 7) is 1.04. The molecule has 5 rings (SSSR count). The molecule has 2 aromatic carbocycles. The third-order valence-corrected chi connectivity index (χ3v) is 7.94. The molecule has 2 aliphatic rings. The van der Waals surface area contributed by atoms with Crippen LogP contribution in [0.5, 0.6) is 11.5 Å². The maximum absolute atomic E-state index is 13.6. The van der Waals surface area contributed by atoms with Crippen LogP contribution in [0.4, 0.5) is 0 Å². The minimum absolute atomic E-state index is 0.128. The van der Waals surface area contributed by atoms with Gasteiger partial charge in [0.25, 0.3) is 5.91 Å². The van der Waals surface area contributed by atoms with Crippen LogP contribution in [0.15, 0.2) is 65.7 Å². The minimum atomic E-state index is -3.82. The fourth-order valence-electron chi connectivity index (χ4n) is 4.41. The van der Waals surface area contributed by atoms with Crippen molar-refractivity contribution in [2.75, 3.05) is 26.7 Å². The lowest BCUT2D eigenvalue weighted by molar-refractivity contribution is 0.0507. The van der Waals surface area contributed by atoms with E-state index >= 15 is 0 Å². The number of benzene rings is 2. The van der Waals surface area contributed by atoms with Gasteiger partial charge in [0.15, 0.2) is 0 Å². The average Bonchev–Trinajstić information content (AvgIpc) is 3.48. The van der Waals surface area contributed by atoms with Crippen molar-refractivity contribution in [1.29, 1.82) is 0 Å². The first-order chi connectivity index (χ1) is 15.9. The number of aromatic nitrogens is 2. The molecule has 172 valence electrons. The minimum Gasteiger partial charge on any atom is -0.497 e. The highest BCUT2D eigenvalue weighted by Gasteiger charge is 2.49. The number of aromatic amines is 1. The van der Waals surface area contributed by atoms with Gasteiger partial charge in [-0.25, -0.2) is 8.42 Å². The van der Waals surface area contributed by atoms with Gasteiger partial charge < -0.3 is 14.4 Å². The Morgan fingerprint density at radius 3 is 2.67 bits per heavy atom. The number of carbonyl (C=O) groups is 1. The lowest BCUT2D eigenvalue weighted by Gasteiger charge is -2.32. The third-order valence-electron chi connectivity index (χ3n) is 6.11. The number of hydrogen-bond donors (Lipinski definition) is 1. The van der Waals surface area contributed by atoms with Gasteiger partial charge in [-0.05, 0) is 35.9 Å². The molecule has 33 heavy (non-hydrogen) atoms. The summed E-state index contributed by atoms with van der Waals surface area (Å²) >= 11 is 0. The van der Waals surface area contributed by atoms with E-state index in [0.29, 0.717) is 30.2 Å². The van der Waals surface area contributed by atoms with E-state index in [1.54, 1.807) is 54.5 Å². The molecule has 0 unspecified atom stereocenters. The molecule has 0 saturated carbocycles. The van der Waals surface area contributed by atoms with Crippen LogP contribution in [0, 0.1) is 0 Å². The van der Waals surface area contributed by atoms with E-state index in [-0.39, 0.29) is 30.4 Å². The van der Waals surface area contributed by atoms with Crippen LogP contribution in [-0.2, 0) is 16.6 Å². The Labute approximate surface area is 192 Å². The summed E-state index contributed by atoms with van der Waals surface area (Å²) in [5.41, 5.74) is 0.364. The van der Waals surface area contributed by atoms with E-state index < -0.39 is 15.6 Å². The Bertz CT molecular complexity index is 1260. The average molecular weight is 469 g/mol. The fourth-order valence-corrected chi connectivity index (χ4v) is 6.03. The van der Waals surface area contributed by atoms with Crippen LogP contribution in [-0.4, -0.2) is 66.1 Å². The summed E-state index contributed by atoms with van der Waals surface area (Å²) in [5.74, 6) is 0.826. The second kappa shape index (κ2) is 8.20. The Hall–Kier alpha value is -3.37. The number of para-hydroxylation sites is 1. The molecule has 0 bridgehead atoms. The predicted octanol–water partition coefficient (Wildman–Crippen LogP) is 2.29. The number of methoxy groups -OCH3 is 1. The van der Waals surface area contributed by atoms with Gasteiger partial charge in [0.2, 0.25) is 10.0 Å². The molecule has 0 aliphatic carbocycles. The molecule has 1 atom stereocenters. The van der Waals surface area contributed by atoms with Crippen LogP contribution >= 0.6 is 0 Å². The highest BCUT2D eigenvalue weighted by Crippen LogP contribution is 2.39. The number of nitrogens with zero attached hydrogens (tertiary/aromatic N) is 3. The van der Waals surface area contributed by atoms with Gasteiger partial charge in [0, 0.05) is 25.7 Å². The second-order valence-corrected chi connectivity index (χ2v) is 10.2. The maximum Gasteiger partial charge on any atom is 0.271 e. The third kappa shape index (κ3) is 3.96. The molecule has 1 aromatic heterocycles. The number of sulfonamides is 1. The number of fused-ring (bicyclic) bond motifs is 1. The van der Waals surface area contributed by atoms with Gasteiger partial charge in [-0.2, -0.15) is 9.40 Å². The highest BCUT2D eigenvalue weighted by molar-refractivity contribution is 7.89. The molecule has 1 N–H and O–H groups in total. The van der Waals surface area contributed by atoms with Crippen molar-refractivity contribution in [2.45, 2.75) is 23.5 Å². The monoisotopic (exact) mass is 468 g/mol. The standard InChI is InChI=1S/C23H24N4O5S/c1-31-18-8-6-17(7-9-18)14-27-16-23(32-20-4-2-3-5-21(20)33(27,29)30)11-13-26(15-23)22(28)19-10-12-24-25-19/h2-10,12H,11,13-16H2,1H3,(H,24,25)/t23-/m0/s1. The van der Waals surface area contributed by atoms with Crippen molar-refractivity contribution >= 4 is 15.9 Å². The molecule has 1 fully saturated rings. The number of rotatable bonds is 4. The van der Waals surface area contributed by atoms with Crippen molar-refractivity contribution in [2.24, 2.45) is 0 Å². The Morgan fingerprint density at radius 2 is 1.94 bits per heavy atom. The van der Waals surface area contributed by atoms with Gasteiger partial charge in [0.1, 0.15) is 27.7 Å². The van der Waals surface area contributed by atoms with Gasteiger partial charge in [-0.3, -0.25) is 9.89 Å². The second-order valence-electron chi connectivity index (χ2n) is 8.30. The van der Waals surface area contributed by atoms with Crippen LogP contribution in [0.25, 0.3) is 0 Å². The molecule has 1 amide bonds.